The third-order valence-electron chi connectivity index (χ3n) is 5.03. The zero-order valence-electron chi connectivity index (χ0n) is 14.2. The van der Waals surface area contributed by atoms with E-state index in [1.807, 2.05) is 25.1 Å². The van der Waals surface area contributed by atoms with Gasteiger partial charge in [0, 0.05) is 51.4 Å². The molecule has 0 saturated carbocycles. The lowest BCUT2D eigenvalue weighted by atomic mass is 10.0. The van der Waals surface area contributed by atoms with Crippen LogP contribution in [-0.2, 0) is 22.9 Å². The third kappa shape index (κ3) is 3.61. The molecule has 0 aliphatic carbocycles. The summed E-state index contributed by atoms with van der Waals surface area (Å²) >= 11 is 0. The molecule has 4 heterocycles. The first kappa shape index (κ1) is 16.7. The number of nitrogens with zero attached hydrogens (tertiary/aromatic N) is 4. The largest absolute Gasteiger partial charge is 0.449 e. The number of pyridine rings is 1. The number of rotatable bonds is 4. The lowest BCUT2D eigenvalue weighted by Crippen LogP contribution is -2.58. The van der Waals surface area contributed by atoms with Crippen LogP contribution in [0.25, 0.3) is 0 Å². The van der Waals surface area contributed by atoms with Crippen LogP contribution in [0.2, 0.25) is 0 Å². The van der Waals surface area contributed by atoms with Gasteiger partial charge in [0.15, 0.2) is 15.7 Å². The molecular formula is C17H22N4O3S. The van der Waals surface area contributed by atoms with Crippen LogP contribution in [-0.4, -0.2) is 64.9 Å². The Labute approximate surface area is 147 Å². The van der Waals surface area contributed by atoms with E-state index in [9.17, 15) is 8.42 Å². The number of piperazine rings is 1. The van der Waals surface area contributed by atoms with Gasteiger partial charge in [0.05, 0.1) is 22.9 Å². The number of aryl methyl sites for hydroxylation is 1. The molecule has 0 amide bonds. The summed E-state index contributed by atoms with van der Waals surface area (Å²) in [6.45, 7) is 4.77. The summed E-state index contributed by atoms with van der Waals surface area (Å²) in [4.78, 5) is 13.2. The van der Waals surface area contributed by atoms with Crippen LogP contribution in [0.5, 0.6) is 0 Å². The van der Waals surface area contributed by atoms with E-state index in [-0.39, 0.29) is 23.6 Å². The molecule has 0 bridgehead atoms. The fourth-order valence-corrected chi connectivity index (χ4v) is 5.92. The highest BCUT2D eigenvalue weighted by Gasteiger charge is 2.46. The molecular weight excluding hydrogens is 340 g/mol. The van der Waals surface area contributed by atoms with E-state index in [4.69, 9.17) is 4.42 Å². The number of oxazole rings is 1. The second kappa shape index (κ2) is 6.51. The van der Waals surface area contributed by atoms with Gasteiger partial charge in [0.25, 0.3) is 0 Å². The maximum Gasteiger partial charge on any atom is 0.191 e. The smallest absolute Gasteiger partial charge is 0.191 e. The molecule has 2 aromatic heterocycles. The van der Waals surface area contributed by atoms with Crippen LogP contribution in [0.1, 0.15) is 17.3 Å². The minimum atomic E-state index is -3.02. The molecule has 2 saturated heterocycles. The van der Waals surface area contributed by atoms with Crippen molar-refractivity contribution in [2.24, 2.45) is 0 Å². The van der Waals surface area contributed by atoms with Gasteiger partial charge < -0.3 is 4.42 Å². The Hall–Kier alpha value is -1.77. The maximum atomic E-state index is 12.3. The van der Waals surface area contributed by atoms with Crippen LogP contribution in [0.3, 0.4) is 0 Å². The highest BCUT2D eigenvalue weighted by molar-refractivity contribution is 7.91. The van der Waals surface area contributed by atoms with Gasteiger partial charge in [-0.3, -0.25) is 14.8 Å². The van der Waals surface area contributed by atoms with Crippen molar-refractivity contribution in [2.45, 2.75) is 32.1 Å². The van der Waals surface area contributed by atoms with Gasteiger partial charge in [0.2, 0.25) is 0 Å². The van der Waals surface area contributed by atoms with E-state index in [0.717, 1.165) is 24.5 Å². The lowest BCUT2D eigenvalue weighted by Gasteiger charge is -2.43. The first-order valence-electron chi connectivity index (χ1n) is 8.50. The summed E-state index contributed by atoms with van der Waals surface area (Å²) in [7, 11) is -3.02. The molecule has 0 radical (unpaired) electrons. The Kier molecular flexibility index (Phi) is 4.35. The highest BCUT2D eigenvalue weighted by atomic mass is 32.2. The van der Waals surface area contributed by atoms with Gasteiger partial charge in [-0.1, -0.05) is 6.07 Å². The number of fused-ring (bicyclic) bond motifs is 1. The molecule has 8 heteroatoms. The van der Waals surface area contributed by atoms with Gasteiger partial charge in [-0.05, 0) is 12.1 Å². The SMILES string of the molecule is Cc1nc(CN2CCN(Cc3ccccn3)[C@@H]3CS(=O)(=O)C[C@@H]32)co1. The minimum Gasteiger partial charge on any atom is -0.449 e. The van der Waals surface area contributed by atoms with Crippen LogP contribution < -0.4 is 0 Å². The Morgan fingerprint density at radius 2 is 1.80 bits per heavy atom. The highest BCUT2D eigenvalue weighted by Crippen LogP contribution is 2.29. The predicted octanol–water partition coefficient (Wildman–Crippen LogP) is 0.861. The lowest BCUT2D eigenvalue weighted by molar-refractivity contribution is 0.0340. The Morgan fingerprint density at radius 3 is 2.36 bits per heavy atom. The van der Waals surface area contributed by atoms with Crippen LogP contribution in [0.15, 0.2) is 35.1 Å². The zero-order chi connectivity index (χ0) is 17.4. The fourth-order valence-electron chi connectivity index (χ4n) is 3.88. The van der Waals surface area contributed by atoms with E-state index in [1.165, 1.54) is 0 Å². The molecule has 25 heavy (non-hydrogen) atoms. The molecule has 7 nitrogen and oxygen atoms in total. The molecule has 2 fully saturated rings. The first-order chi connectivity index (χ1) is 12.0. The minimum absolute atomic E-state index is 0.000492. The number of aromatic nitrogens is 2. The van der Waals surface area contributed by atoms with E-state index in [0.29, 0.717) is 19.0 Å². The number of sulfone groups is 1. The number of hydrogen-bond donors (Lipinski definition) is 0. The van der Waals surface area contributed by atoms with Gasteiger partial charge in [-0.2, -0.15) is 0 Å². The molecule has 0 unspecified atom stereocenters. The summed E-state index contributed by atoms with van der Waals surface area (Å²) < 4.78 is 29.9. The first-order valence-corrected chi connectivity index (χ1v) is 10.3. The average molecular weight is 362 g/mol. The average Bonchev–Trinajstić information content (AvgIpc) is 3.13. The van der Waals surface area contributed by atoms with Crippen LogP contribution in [0.4, 0.5) is 0 Å². The van der Waals surface area contributed by atoms with E-state index in [1.54, 1.807) is 12.5 Å². The second-order valence-electron chi connectivity index (χ2n) is 6.83. The quantitative estimate of drug-likeness (QED) is 0.798. The van der Waals surface area contributed by atoms with Gasteiger partial charge in [0.1, 0.15) is 6.26 Å². The summed E-state index contributed by atoms with van der Waals surface area (Å²) in [6.07, 6.45) is 3.44. The summed E-state index contributed by atoms with van der Waals surface area (Å²) in [5.41, 5.74) is 1.84. The molecule has 0 spiro atoms. The normalized spacial score (nSPS) is 26.6. The van der Waals surface area contributed by atoms with E-state index < -0.39 is 9.84 Å². The third-order valence-corrected chi connectivity index (χ3v) is 6.73. The monoisotopic (exact) mass is 362 g/mol. The Morgan fingerprint density at radius 1 is 1.12 bits per heavy atom. The summed E-state index contributed by atoms with van der Waals surface area (Å²) in [6, 6.07) is 5.86. The molecule has 2 aliphatic heterocycles. The van der Waals surface area contributed by atoms with Gasteiger partial charge in [-0.15, -0.1) is 0 Å². The Bertz CT molecular complexity index is 837. The predicted molar refractivity (Wildman–Crippen MR) is 92.5 cm³/mol. The van der Waals surface area contributed by atoms with Crippen molar-refractivity contribution < 1.29 is 12.8 Å². The van der Waals surface area contributed by atoms with Crippen molar-refractivity contribution in [3.05, 3.63) is 47.9 Å². The van der Waals surface area contributed by atoms with Crippen molar-refractivity contribution >= 4 is 9.84 Å². The van der Waals surface area contributed by atoms with Crippen molar-refractivity contribution in [1.82, 2.24) is 19.8 Å². The summed E-state index contributed by atoms with van der Waals surface area (Å²) in [5.74, 6) is 1.07. The Balaban J connectivity index is 1.53. The molecule has 0 N–H and O–H groups in total. The molecule has 0 aromatic carbocycles. The van der Waals surface area contributed by atoms with E-state index >= 15 is 0 Å². The summed E-state index contributed by atoms with van der Waals surface area (Å²) in [5, 5.41) is 0. The number of hydrogen-bond acceptors (Lipinski definition) is 7. The molecule has 4 rings (SSSR count). The molecule has 2 aromatic rings. The van der Waals surface area contributed by atoms with Crippen molar-refractivity contribution in [1.29, 1.82) is 0 Å². The fraction of sp³-hybridized carbons (Fsp3) is 0.529. The second-order valence-corrected chi connectivity index (χ2v) is 8.99. The van der Waals surface area contributed by atoms with Gasteiger partial charge in [-0.25, -0.2) is 13.4 Å². The zero-order valence-corrected chi connectivity index (χ0v) is 15.0. The van der Waals surface area contributed by atoms with Crippen LogP contribution >= 0.6 is 0 Å². The van der Waals surface area contributed by atoms with Crippen molar-refractivity contribution in [2.75, 3.05) is 24.6 Å². The molecule has 2 atom stereocenters. The van der Waals surface area contributed by atoms with Crippen LogP contribution in [0, 0.1) is 6.92 Å². The van der Waals surface area contributed by atoms with Crippen molar-refractivity contribution in [3.63, 3.8) is 0 Å². The van der Waals surface area contributed by atoms with Crippen molar-refractivity contribution in [3.8, 4) is 0 Å². The maximum absolute atomic E-state index is 12.3. The topological polar surface area (TPSA) is 79.5 Å². The van der Waals surface area contributed by atoms with E-state index in [2.05, 4.69) is 19.8 Å². The molecule has 134 valence electrons. The molecule has 2 aliphatic rings. The van der Waals surface area contributed by atoms with Gasteiger partial charge >= 0.3 is 0 Å². The standard InChI is InChI=1S/C17H22N4O3S/c1-13-19-15(10-24-13)9-21-7-6-20(8-14-4-2-3-5-18-14)16-11-25(22,23)12-17(16)21/h2-5,10,16-17H,6-9,11-12H2,1H3/t16-,17+/m1/s1.